The summed E-state index contributed by atoms with van der Waals surface area (Å²) in [4.78, 5) is 15.4. The molecule has 21 heavy (non-hydrogen) atoms. The first-order chi connectivity index (χ1) is 10.1. The Hall–Kier alpha value is -1.35. The lowest BCUT2D eigenvalue weighted by molar-refractivity contribution is -0.144. The maximum Gasteiger partial charge on any atom is 0.230 e. The van der Waals surface area contributed by atoms with Crippen LogP contribution < -0.4 is 5.32 Å². The van der Waals surface area contributed by atoms with Crippen molar-refractivity contribution in [2.45, 2.75) is 39.2 Å². The Labute approximate surface area is 127 Å². The summed E-state index contributed by atoms with van der Waals surface area (Å²) in [5, 5.41) is 3.41. The van der Waals surface area contributed by atoms with Crippen molar-refractivity contribution in [3.63, 3.8) is 0 Å². The van der Waals surface area contributed by atoms with Crippen LogP contribution in [-0.2, 0) is 4.79 Å². The summed E-state index contributed by atoms with van der Waals surface area (Å²) in [6, 6.07) is 10.8. The van der Waals surface area contributed by atoms with Gasteiger partial charge < -0.3 is 10.2 Å². The van der Waals surface area contributed by atoms with Gasteiger partial charge in [0.2, 0.25) is 5.91 Å². The largest absolute Gasteiger partial charge is 0.335 e. The highest BCUT2D eigenvalue weighted by Gasteiger charge is 2.48. The minimum atomic E-state index is -0.197. The number of hydrogen-bond acceptors (Lipinski definition) is 2. The summed E-state index contributed by atoms with van der Waals surface area (Å²) in [6.07, 6.45) is 3.19. The van der Waals surface area contributed by atoms with Crippen molar-refractivity contribution >= 4 is 5.91 Å². The van der Waals surface area contributed by atoms with E-state index in [1.807, 2.05) is 6.07 Å². The van der Waals surface area contributed by atoms with Crippen LogP contribution in [0.25, 0.3) is 0 Å². The van der Waals surface area contributed by atoms with Gasteiger partial charge >= 0.3 is 0 Å². The van der Waals surface area contributed by atoms with Crippen LogP contribution in [0.5, 0.6) is 0 Å². The Bertz CT molecular complexity index is 491. The molecule has 3 rings (SSSR count). The van der Waals surface area contributed by atoms with Crippen molar-refractivity contribution in [1.29, 1.82) is 0 Å². The van der Waals surface area contributed by atoms with Crippen molar-refractivity contribution in [3.05, 3.63) is 35.9 Å². The van der Waals surface area contributed by atoms with Crippen LogP contribution in [0.4, 0.5) is 0 Å². The lowest BCUT2D eigenvalue weighted by Crippen LogP contribution is -2.48. The van der Waals surface area contributed by atoms with Crippen molar-refractivity contribution in [2.75, 3.05) is 19.6 Å². The lowest BCUT2D eigenvalue weighted by Gasteiger charge is -2.37. The normalized spacial score (nSPS) is 29.3. The first kappa shape index (κ1) is 14.6. The molecule has 0 aliphatic carbocycles. The van der Waals surface area contributed by atoms with Gasteiger partial charge in [-0.3, -0.25) is 4.79 Å². The van der Waals surface area contributed by atoms with Crippen LogP contribution in [-0.4, -0.2) is 30.4 Å². The van der Waals surface area contributed by atoms with Crippen molar-refractivity contribution in [1.82, 2.24) is 10.2 Å². The molecule has 0 radical (unpaired) electrons. The summed E-state index contributed by atoms with van der Waals surface area (Å²) < 4.78 is 0. The molecule has 2 saturated heterocycles. The fourth-order valence-electron chi connectivity index (χ4n) is 3.95. The van der Waals surface area contributed by atoms with Crippen LogP contribution in [0, 0.1) is 11.3 Å². The lowest BCUT2D eigenvalue weighted by atomic mass is 9.75. The molecule has 0 bridgehead atoms. The van der Waals surface area contributed by atoms with Gasteiger partial charge in [-0.05, 0) is 37.3 Å². The molecule has 2 aliphatic heterocycles. The summed E-state index contributed by atoms with van der Waals surface area (Å²) >= 11 is 0. The van der Waals surface area contributed by atoms with Gasteiger partial charge in [-0.15, -0.1) is 0 Å². The van der Waals surface area contributed by atoms with Crippen molar-refractivity contribution in [3.8, 4) is 0 Å². The van der Waals surface area contributed by atoms with Gasteiger partial charge in [0, 0.05) is 13.1 Å². The quantitative estimate of drug-likeness (QED) is 0.926. The van der Waals surface area contributed by atoms with Crippen LogP contribution in [0.1, 0.15) is 44.7 Å². The van der Waals surface area contributed by atoms with E-state index in [9.17, 15) is 4.79 Å². The van der Waals surface area contributed by atoms with Crippen LogP contribution in [0.3, 0.4) is 0 Å². The van der Waals surface area contributed by atoms with Gasteiger partial charge in [0.15, 0.2) is 0 Å². The number of rotatable bonds is 3. The van der Waals surface area contributed by atoms with E-state index in [4.69, 9.17) is 0 Å². The van der Waals surface area contributed by atoms with E-state index < -0.39 is 0 Å². The standard InChI is InChI=1S/C18H26N2O/c1-14(2)18(10-11-19-13-18)17(21)20-12-6-9-16(20)15-7-4-3-5-8-15/h3-5,7-8,14,16,19H,6,9-13H2,1-2H3. The monoisotopic (exact) mass is 286 g/mol. The molecule has 2 fully saturated rings. The third-order valence-electron chi connectivity index (χ3n) is 5.42. The molecular weight excluding hydrogens is 260 g/mol. The zero-order valence-corrected chi connectivity index (χ0v) is 13.1. The molecule has 2 atom stereocenters. The molecule has 1 amide bonds. The molecule has 3 heteroatoms. The minimum Gasteiger partial charge on any atom is -0.335 e. The van der Waals surface area contributed by atoms with E-state index in [2.05, 4.69) is 48.3 Å². The first-order valence-corrected chi connectivity index (χ1v) is 8.22. The molecule has 3 nitrogen and oxygen atoms in total. The second kappa shape index (κ2) is 5.80. The predicted molar refractivity (Wildman–Crippen MR) is 84.9 cm³/mol. The second-order valence-electron chi connectivity index (χ2n) is 6.80. The van der Waals surface area contributed by atoms with E-state index in [0.29, 0.717) is 11.8 Å². The van der Waals surface area contributed by atoms with Crippen molar-refractivity contribution < 1.29 is 4.79 Å². The number of carbonyl (C=O) groups is 1. The van der Waals surface area contributed by atoms with Gasteiger partial charge in [-0.1, -0.05) is 44.2 Å². The Morgan fingerprint density at radius 3 is 2.71 bits per heavy atom. The van der Waals surface area contributed by atoms with E-state index >= 15 is 0 Å². The third kappa shape index (κ3) is 2.48. The highest BCUT2D eigenvalue weighted by atomic mass is 16.2. The third-order valence-corrected chi connectivity index (χ3v) is 5.42. The molecule has 1 N–H and O–H groups in total. The number of nitrogens with zero attached hydrogens (tertiary/aromatic N) is 1. The number of likely N-dealkylation sites (tertiary alicyclic amines) is 1. The number of amides is 1. The minimum absolute atomic E-state index is 0.197. The fourth-order valence-corrected chi connectivity index (χ4v) is 3.95. The predicted octanol–water partition coefficient (Wildman–Crippen LogP) is 2.99. The number of nitrogens with one attached hydrogen (secondary N) is 1. The van der Waals surface area contributed by atoms with E-state index in [0.717, 1.165) is 38.9 Å². The molecule has 0 spiro atoms. The highest BCUT2D eigenvalue weighted by Crippen LogP contribution is 2.41. The molecule has 2 heterocycles. The van der Waals surface area contributed by atoms with Crippen LogP contribution in [0.15, 0.2) is 30.3 Å². The SMILES string of the molecule is CC(C)C1(C(=O)N2CCCC2c2ccccc2)CCNC1. The Morgan fingerprint density at radius 2 is 2.10 bits per heavy atom. The fraction of sp³-hybridized carbons (Fsp3) is 0.611. The first-order valence-electron chi connectivity index (χ1n) is 8.22. The van der Waals surface area contributed by atoms with Gasteiger partial charge in [-0.2, -0.15) is 0 Å². The Balaban J connectivity index is 1.86. The molecule has 0 aromatic heterocycles. The number of benzene rings is 1. The van der Waals surface area contributed by atoms with Crippen LogP contribution >= 0.6 is 0 Å². The molecule has 114 valence electrons. The number of hydrogen-bond donors (Lipinski definition) is 1. The smallest absolute Gasteiger partial charge is 0.230 e. The zero-order chi connectivity index (χ0) is 14.9. The molecule has 1 aromatic carbocycles. The Morgan fingerprint density at radius 1 is 1.33 bits per heavy atom. The zero-order valence-electron chi connectivity index (χ0n) is 13.1. The van der Waals surface area contributed by atoms with Crippen molar-refractivity contribution in [2.24, 2.45) is 11.3 Å². The van der Waals surface area contributed by atoms with E-state index in [1.54, 1.807) is 0 Å². The second-order valence-corrected chi connectivity index (χ2v) is 6.80. The topological polar surface area (TPSA) is 32.3 Å². The molecule has 2 aliphatic rings. The van der Waals surface area contributed by atoms with Gasteiger partial charge in [0.05, 0.1) is 11.5 Å². The van der Waals surface area contributed by atoms with Gasteiger partial charge in [0.25, 0.3) is 0 Å². The van der Waals surface area contributed by atoms with Gasteiger partial charge in [-0.25, -0.2) is 0 Å². The molecule has 2 unspecified atom stereocenters. The summed E-state index contributed by atoms with van der Waals surface area (Å²) in [5.74, 6) is 0.755. The molecular formula is C18H26N2O. The summed E-state index contributed by atoms with van der Waals surface area (Å²) in [7, 11) is 0. The number of carbonyl (C=O) groups excluding carboxylic acids is 1. The maximum atomic E-state index is 13.3. The average molecular weight is 286 g/mol. The van der Waals surface area contributed by atoms with Gasteiger partial charge in [0.1, 0.15) is 0 Å². The average Bonchev–Trinajstić information content (AvgIpc) is 3.17. The Kier molecular flexibility index (Phi) is 4.03. The summed E-state index contributed by atoms with van der Waals surface area (Å²) in [6.45, 7) is 7.10. The van der Waals surface area contributed by atoms with E-state index in [1.165, 1.54) is 5.56 Å². The molecule has 1 aromatic rings. The summed E-state index contributed by atoms with van der Waals surface area (Å²) in [5.41, 5.74) is 1.09. The molecule has 0 saturated carbocycles. The van der Waals surface area contributed by atoms with Crippen LogP contribution in [0.2, 0.25) is 0 Å². The van der Waals surface area contributed by atoms with E-state index in [-0.39, 0.29) is 11.5 Å². The maximum absolute atomic E-state index is 13.3. The highest BCUT2D eigenvalue weighted by molar-refractivity contribution is 5.84.